The number of nitrogens with two attached hydrogens (primary N) is 1. The van der Waals surface area contributed by atoms with Crippen LogP contribution in [-0.4, -0.2) is 15.6 Å². The fraction of sp³-hybridized carbons (Fsp3) is 0.667. The fourth-order valence-electron chi connectivity index (χ4n) is 1.56. The van der Waals surface area contributed by atoms with E-state index in [1.54, 1.807) is 0 Å². The van der Waals surface area contributed by atoms with Gasteiger partial charge in [0.2, 0.25) is 0 Å². The molecule has 0 amide bonds. The van der Waals surface area contributed by atoms with Crippen molar-refractivity contribution in [3.63, 3.8) is 0 Å². The first kappa shape index (κ1) is 12.7. The Morgan fingerprint density at radius 2 is 2.19 bits per heavy atom. The summed E-state index contributed by atoms with van der Waals surface area (Å²) in [7, 11) is 0. The summed E-state index contributed by atoms with van der Waals surface area (Å²) in [5.74, 6) is 0.280. The second-order valence-electron chi connectivity index (χ2n) is 4.97. The van der Waals surface area contributed by atoms with Gasteiger partial charge in [-0.05, 0) is 25.8 Å². The molecule has 0 saturated carbocycles. The van der Waals surface area contributed by atoms with Crippen molar-refractivity contribution < 1.29 is 0 Å². The summed E-state index contributed by atoms with van der Waals surface area (Å²) in [5.41, 5.74) is 6.43. The summed E-state index contributed by atoms with van der Waals surface area (Å²) in [6.07, 6.45) is 5.12. The lowest BCUT2D eigenvalue weighted by atomic mass is 9.86. The van der Waals surface area contributed by atoms with E-state index in [9.17, 15) is 0 Å². The Labute approximate surface area is 97.3 Å². The smallest absolute Gasteiger partial charge is 0.0963 e. The molecule has 0 aliphatic heterocycles. The lowest BCUT2D eigenvalue weighted by Crippen LogP contribution is -2.30. The maximum Gasteiger partial charge on any atom is 0.0963 e. The molecule has 0 unspecified atom stereocenters. The lowest BCUT2D eigenvalue weighted by molar-refractivity contribution is 0.424. The number of nitrogens with one attached hydrogen (secondary N) is 1. The minimum Gasteiger partial charge on any atom is -0.387 e. The van der Waals surface area contributed by atoms with Crippen LogP contribution in [0.1, 0.15) is 38.8 Å². The van der Waals surface area contributed by atoms with Crippen LogP contribution in [0.25, 0.3) is 0 Å². The molecule has 0 radical (unpaired) electrons. The van der Waals surface area contributed by atoms with Crippen LogP contribution in [-0.2, 0) is 6.54 Å². The van der Waals surface area contributed by atoms with Gasteiger partial charge in [-0.25, -0.2) is 0 Å². The van der Waals surface area contributed by atoms with E-state index in [4.69, 9.17) is 11.1 Å². The van der Waals surface area contributed by atoms with Gasteiger partial charge in [0.15, 0.2) is 0 Å². The quantitative estimate of drug-likeness (QED) is 0.440. The molecule has 0 aliphatic carbocycles. The predicted molar refractivity (Wildman–Crippen MR) is 66.5 cm³/mol. The first-order valence-electron chi connectivity index (χ1n) is 5.76. The van der Waals surface area contributed by atoms with E-state index >= 15 is 0 Å². The Morgan fingerprint density at radius 3 is 2.69 bits per heavy atom. The zero-order valence-corrected chi connectivity index (χ0v) is 10.5. The van der Waals surface area contributed by atoms with Gasteiger partial charge in [-0.15, -0.1) is 0 Å². The van der Waals surface area contributed by atoms with Crippen molar-refractivity contribution in [2.45, 2.75) is 46.6 Å². The summed E-state index contributed by atoms with van der Waals surface area (Å²) in [4.78, 5) is 0. The van der Waals surface area contributed by atoms with Gasteiger partial charge in [0.1, 0.15) is 0 Å². The van der Waals surface area contributed by atoms with Crippen LogP contribution in [0.4, 0.5) is 0 Å². The van der Waals surface area contributed by atoms with E-state index in [1.165, 1.54) is 0 Å². The molecular formula is C12H22N4. The van der Waals surface area contributed by atoms with E-state index in [0.29, 0.717) is 0 Å². The van der Waals surface area contributed by atoms with Gasteiger partial charge >= 0.3 is 0 Å². The highest BCUT2D eigenvalue weighted by molar-refractivity contribution is 5.82. The summed E-state index contributed by atoms with van der Waals surface area (Å²) in [6, 6.07) is 2.01. The molecule has 1 rings (SSSR count). The molecule has 0 spiro atoms. The Balaban J connectivity index is 2.24. The van der Waals surface area contributed by atoms with Gasteiger partial charge in [0.05, 0.1) is 11.5 Å². The number of nitrogens with zero attached hydrogens (tertiary/aromatic N) is 2. The van der Waals surface area contributed by atoms with Crippen LogP contribution in [0.2, 0.25) is 0 Å². The molecule has 16 heavy (non-hydrogen) atoms. The fourth-order valence-corrected chi connectivity index (χ4v) is 1.56. The molecule has 1 heterocycles. The van der Waals surface area contributed by atoms with Gasteiger partial charge in [-0.3, -0.25) is 10.1 Å². The van der Waals surface area contributed by atoms with E-state index in [2.05, 4.69) is 5.10 Å². The van der Waals surface area contributed by atoms with Gasteiger partial charge in [-0.2, -0.15) is 5.10 Å². The summed E-state index contributed by atoms with van der Waals surface area (Å²) in [6.45, 7) is 6.98. The summed E-state index contributed by atoms with van der Waals surface area (Å²) in [5, 5.41) is 11.8. The number of aryl methyl sites for hydroxylation is 2. The molecule has 3 N–H and O–H groups in total. The molecule has 4 heteroatoms. The molecule has 1 aromatic heterocycles. The van der Waals surface area contributed by atoms with Crippen molar-refractivity contribution in [3.8, 4) is 0 Å². The second-order valence-corrected chi connectivity index (χ2v) is 4.97. The van der Waals surface area contributed by atoms with Crippen LogP contribution in [0.5, 0.6) is 0 Å². The Bertz CT molecular complexity index is 352. The third-order valence-corrected chi connectivity index (χ3v) is 2.94. The zero-order valence-electron chi connectivity index (χ0n) is 10.5. The van der Waals surface area contributed by atoms with Gasteiger partial charge < -0.3 is 5.73 Å². The van der Waals surface area contributed by atoms with Crippen molar-refractivity contribution in [3.05, 3.63) is 18.0 Å². The third-order valence-electron chi connectivity index (χ3n) is 2.94. The number of amidine groups is 1. The highest BCUT2D eigenvalue weighted by atomic mass is 15.3. The largest absolute Gasteiger partial charge is 0.387 e. The molecule has 0 saturated heterocycles. The average molecular weight is 222 g/mol. The number of unbranched alkanes of at least 4 members (excludes halogenated alkanes) is 1. The number of hydrogen-bond acceptors (Lipinski definition) is 2. The minimum absolute atomic E-state index is 0.167. The maximum absolute atomic E-state index is 7.46. The van der Waals surface area contributed by atoms with Crippen molar-refractivity contribution in [2.75, 3.05) is 0 Å². The van der Waals surface area contributed by atoms with Gasteiger partial charge in [0.25, 0.3) is 0 Å². The van der Waals surface area contributed by atoms with Crippen molar-refractivity contribution >= 4 is 5.84 Å². The minimum atomic E-state index is -0.167. The molecule has 1 aromatic rings. The molecule has 0 atom stereocenters. The van der Waals surface area contributed by atoms with E-state index in [0.717, 1.165) is 31.5 Å². The number of hydrogen-bond donors (Lipinski definition) is 2. The second kappa shape index (κ2) is 5.14. The monoisotopic (exact) mass is 222 g/mol. The SMILES string of the molecule is Cc1ccn(CCCCC(C)(C)C(=N)N)n1. The van der Waals surface area contributed by atoms with Crippen molar-refractivity contribution in [1.29, 1.82) is 5.41 Å². The predicted octanol–water partition coefficient (Wildman–Crippen LogP) is 2.32. The molecule has 0 aliphatic rings. The van der Waals surface area contributed by atoms with Crippen LogP contribution >= 0.6 is 0 Å². The van der Waals surface area contributed by atoms with E-state index in [-0.39, 0.29) is 11.3 Å². The molecule has 0 fully saturated rings. The van der Waals surface area contributed by atoms with Gasteiger partial charge in [0, 0.05) is 18.2 Å². The van der Waals surface area contributed by atoms with Crippen LogP contribution in [0.15, 0.2) is 12.3 Å². The third kappa shape index (κ3) is 3.68. The highest BCUT2D eigenvalue weighted by Crippen LogP contribution is 2.22. The van der Waals surface area contributed by atoms with Crippen LogP contribution in [0.3, 0.4) is 0 Å². The Hall–Kier alpha value is -1.32. The average Bonchev–Trinajstić information content (AvgIpc) is 2.59. The molecule has 4 nitrogen and oxygen atoms in total. The van der Waals surface area contributed by atoms with Crippen molar-refractivity contribution in [2.24, 2.45) is 11.1 Å². The molecule has 0 bridgehead atoms. The maximum atomic E-state index is 7.46. The Kier molecular flexibility index (Phi) is 4.10. The number of rotatable bonds is 6. The van der Waals surface area contributed by atoms with E-state index < -0.39 is 0 Å². The topological polar surface area (TPSA) is 67.7 Å². The Morgan fingerprint density at radius 1 is 1.50 bits per heavy atom. The van der Waals surface area contributed by atoms with Gasteiger partial charge in [-0.1, -0.05) is 20.3 Å². The normalized spacial score (nSPS) is 11.7. The van der Waals surface area contributed by atoms with Crippen LogP contribution in [0, 0.1) is 17.7 Å². The summed E-state index contributed by atoms with van der Waals surface area (Å²) >= 11 is 0. The molecular weight excluding hydrogens is 200 g/mol. The lowest BCUT2D eigenvalue weighted by Gasteiger charge is -2.22. The van der Waals surface area contributed by atoms with Crippen molar-refractivity contribution in [1.82, 2.24) is 9.78 Å². The number of aromatic nitrogens is 2. The highest BCUT2D eigenvalue weighted by Gasteiger charge is 2.20. The van der Waals surface area contributed by atoms with E-state index in [1.807, 2.05) is 37.7 Å². The zero-order chi connectivity index (χ0) is 12.2. The standard InChI is InChI=1S/C12H22N4/c1-10-6-9-16(15-10)8-5-4-7-12(2,3)11(13)14/h6,9H,4-5,7-8H2,1-3H3,(H3,13,14). The molecule has 0 aromatic carbocycles. The summed E-state index contributed by atoms with van der Waals surface area (Å²) < 4.78 is 1.97. The first-order chi connectivity index (χ1) is 7.42. The first-order valence-corrected chi connectivity index (χ1v) is 5.76. The van der Waals surface area contributed by atoms with Crippen LogP contribution < -0.4 is 5.73 Å². The molecule has 90 valence electrons.